The van der Waals surface area contributed by atoms with Gasteiger partial charge in [-0.05, 0) is 82.9 Å². The van der Waals surface area contributed by atoms with Crippen LogP contribution in [0, 0.1) is 0 Å². The number of benzene rings is 9. The highest BCUT2D eigenvalue weighted by Crippen LogP contribution is 2.47. The van der Waals surface area contributed by atoms with Crippen molar-refractivity contribution in [3.05, 3.63) is 206 Å². The molecule has 0 saturated carbocycles. The molecule has 0 N–H and O–H groups in total. The summed E-state index contributed by atoms with van der Waals surface area (Å²) in [6.07, 6.45) is 0. The first-order valence-electron chi connectivity index (χ1n) is 19.7. The largest absolute Gasteiger partial charge is 0.454 e. The van der Waals surface area contributed by atoms with Crippen molar-refractivity contribution in [3.63, 3.8) is 0 Å². The SMILES string of the molecule is c1ccc(-n2c3ccccc3c3ccc(-c4ccc(-c5ccc(N(c6cccc7c6oc6ccccc67)c6cccc7c6sc6ccccc67)cc5)cc4)cc32)cc1. The van der Waals surface area contributed by atoms with Gasteiger partial charge in [-0.1, -0.05) is 146 Å². The van der Waals surface area contributed by atoms with E-state index in [0.29, 0.717) is 0 Å². The molecule has 0 bridgehead atoms. The van der Waals surface area contributed by atoms with Crippen molar-refractivity contribution in [2.45, 2.75) is 0 Å². The van der Waals surface area contributed by atoms with Gasteiger partial charge < -0.3 is 13.9 Å². The van der Waals surface area contributed by atoms with E-state index < -0.39 is 0 Å². The van der Waals surface area contributed by atoms with E-state index in [2.05, 4.69) is 210 Å². The van der Waals surface area contributed by atoms with Gasteiger partial charge in [-0.2, -0.15) is 0 Å². The third kappa shape index (κ3) is 5.12. The van der Waals surface area contributed by atoms with Gasteiger partial charge in [0.15, 0.2) is 5.58 Å². The molecule has 3 nitrogen and oxygen atoms in total. The van der Waals surface area contributed by atoms with Crippen molar-refractivity contribution >= 4 is 92.3 Å². The van der Waals surface area contributed by atoms with Gasteiger partial charge in [-0.15, -0.1) is 11.3 Å². The third-order valence-electron chi connectivity index (χ3n) is 11.6. The number of para-hydroxylation sites is 4. The first kappa shape index (κ1) is 32.8. The van der Waals surface area contributed by atoms with Crippen LogP contribution in [0.4, 0.5) is 17.1 Å². The Morgan fingerprint density at radius 2 is 0.983 bits per heavy atom. The Balaban J connectivity index is 0.945. The smallest absolute Gasteiger partial charge is 0.159 e. The second-order valence-electron chi connectivity index (χ2n) is 14.9. The van der Waals surface area contributed by atoms with E-state index >= 15 is 0 Å². The molecular weight excluding hydrogens is 725 g/mol. The summed E-state index contributed by atoms with van der Waals surface area (Å²) in [6, 6.07) is 74.3. The summed E-state index contributed by atoms with van der Waals surface area (Å²) in [5.41, 5.74) is 13.3. The summed E-state index contributed by atoms with van der Waals surface area (Å²) in [5, 5.41) is 7.30. The predicted molar refractivity (Wildman–Crippen MR) is 247 cm³/mol. The third-order valence-corrected chi connectivity index (χ3v) is 12.8. The minimum atomic E-state index is 0.879. The summed E-state index contributed by atoms with van der Waals surface area (Å²) in [4.78, 5) is 2.38. The minimum absolute atomic E-state index is 0.879. The van der Waals surface area contributed by atoms with Crippen LogP contribution in [0.3, 0.4) is 0 Å². The van der Waals surface area contributed by atoms with Crippen LogP contribution >= 0.6 is 11.3 Å². The fourth-order valence-electron chi connectivity index (χ4n) is 8.89. The number of anilines is 3. The topological polar surface area (TPSA) is 21.3 Å². The Morgan fingerprint density at radius 1 is 0.397 bits per heavy atom. The lowest BCUT2D eigenvalue weighted by molar-refractivity contribution is 0.669. The molecule has 12 aromatic rings. The zero-order valence-corrected chi connectivity index (χ0v) is 32.2. The molecular formula is C54H34N2OS. The number of aromatic nitrogens is 1. The van der Waals surface area contributed by atoms with E-state index in [-0.39, 0.29) is 0 Å². The normalized spacial score (nSPS) is 11.8. The van der Waals surface area contributed by atoms with Gasteiger partial charge in [0.1, 0.15) is 5.58 Å². The Labute approximate surface area is 338 Å². The molecule has 58 heavy (non-hydrogen) atoms. The molecule has 12 rings (SSSR count). The Morgan fingerprint density at radius 3 is 1.79 bits per heavy atom. The van der Waals surface area contributed by atoms with Crippen molar-refractivity contribution in [2.24, 2.45) is 0 Å². The van der Waals surface area contributed by atoms with Crippen LogP contribution in [0.2, 0.25) is 0 Å². The molecule has 0 spiro atoms. The monoisotopic (exact) mass is 758 g/mol. The molecule has 0 unspecified atom stereocenters. The van der Waals surface area contributed by atoms with Crippen LogP contribution in [0.25, 0.3) is 91.9 Å². The second kappa shape index (κ2) is 13.1. The van der Waals surface area contributed by atoms with Crippen LogP contribution in [0.5, 0.6) is 0 Å². The van der Waals surface area contributed by atoms with E-state index in [0.717, 1.165) is 50.3 Å². The lowest BCUT2D eigenvalue weighted by atomic mass is 9.99. The summed E-state index contributed by atoms with van der Waals surface area (Å²) in [6.45, 7) is 0. The zero-order chi connectivity index (χ0) is 38.2. The molecule has 0 aliphatic rings. The average Bonchev–Trinajstić information content (AvgIpc) is 3.97. The molecule has 0 saturated heterocycles. The highest BCUT2D eigenvalue weighted by Gasteiger charge is 2.22. The number of hydrogen-bond acceptors (Lipinski definition) is 3. The van der Waals surface area contributed by atoms with Gasteiger partial charge in [0, 0.05) is 48.4 Å². The van der Waals surface area contributed by atoms with E-state index in [1.807, 2.05) is 17.4 Å². The van der Waals surface area contributed by atoms with Crippen molar-refractivity contribution in [3.8, 4) is 27.9 Å². The molecule has 0 aliphatic heterocycles. The Hall–Kier alpha value is -7.40. The van der Waals surface area contributed by atoms with Gasteiger partial charge in [-0.3, -0.25) is 0 Å². The summed E-state index contributed by atoms with van der Waals surface area (Å²) < 4.78 is 11.6. The van der Waals surface area contributed by atoms with Gasteiger partial charge in [0.05, 0.1) is 27.1 Å². The van der Waals surface area contributed by atoms with E-state index in [4.69, 9.17) is 4.42 Å². The van der Waals surface area contributed by atoms with Gasteiger partial charge in [0.2, 0.25) is 0 Å². The number of rotatable bonds is 6. The molecule has 0 radical (unpaired) electrons. The fourth-order valence-corrected chi connectivity index (χ4v) is 10.1. The molecule has 0 atom stereocenters. The predicted octanol–water partition coefficient (Wildman–Crippen LogP) is 15.9. The molecule has 3 heterocycles. The van der Waals surface area contributed by atoms with Crippen molar-refractivity contribution in [2.75, 3.05) is 4.90 Å². The first-order valence-corrected chi connectivity index (χ1v) is 20.5. The standard InChI is InChI=1S/C54H34N2OS/c1-2-12-39(13-3-1)55-47-19-7-4-14-41(47)42-33-30-38(34-50(42)55)37-26-24-35(25-27-37)36-28-31-40(32-29-36)56(48-20-10-17-45-43-15-5-8-22-51(43)57-53(45)48)49-21-11-18-46-44-16-6-9-23-52(44)58-54(46)49/h1-34H. The zero-order valence-electron chi connectivity index (χ0n) is 31.3. The van der Waals surface area contributed by atoms with Crippen LogP contribution in [0.1, 0.15) is 0 Å². The maximum Gasteiger partial charge on any atom is 0.159 e. The first-order chi connectivity index (χ1) is 28.8. The van der Waals surface area contributed by atoms with Crippen molar-refractivity contribution in [1.29, 1.82) is 0 Å². The quantitative estimate of drug-likeness (QED) is 0.168. The molecule has 272 valence electrons. The van der Waals surface area contributed by atoms with Crippen molar-refractivity contribution < 1.29 is 4.42 Å². The van der Waals surface area contributed by atoms with Crippen molar-refractivity contribution in [1.82, 2.24) is 4.57 Å². The van der Waals surface area contributed by atoms with Crippen LogP contribution < -0.4 is 4.90 Å². The number of fused-ring (bicyclic) bond motifs is 9. The average molecular weight is 759 g/mol. The van der Waals surface area contributed by atoms with Gasteiger partial charge in [0.25, 0.3) is 0 Å². The Bertz CT molecular complexity index is 3390. The molecule has 0 amide bonds. The minimum Gasteiger partial charge on any atom is -0.454 e. The van der Waals surface area contributed by atoms with Crippen LogP contribution in [-0.4, -0.2) is 4.57 Å². The Kier molecular flexibility index (Phi) is 7.40. The van der Waals surface area contributed by atoms with Crippen LogP contribution in [-0.2, 0) is 0 Å². The molecule has 4 heteroatoms. The van der Waals surface area contributed by atoms with E-state index in [1.54, 1.807) is 0 Å². The fraction of sp³-hybridized carbons (Fsp3) is 0. The molecule has 0 fully saturated rings. The number of nitrogens with zero attached hydrogens (tertiary/aromatic N) is 2. The van der Waals surface area contributed by atoms with Gasteiger partial charge >= 0.3 is 0 Å². The highest BCUT2D eigenvalue weighted by atomic mass is 32.1. The summed E-state index contributed by atoms with van der Waals surface area (Å²) in [5.74, 6) is 0. The maximum atomic E-state index is 6.65. The number of thiophene rings is 1. The lowest BCUT2D eigenvalue weighted by Gasteiger charge is -2.26. The summed E-state index contributed by atoms with van der Waals surface area (Å²) in [7, 11) is 0. The van der Waals surface area contributed by atoms with Crippen LogP contribution in [0.15, 0.2) is 211 Å². The summed E-state index contributed by atoms with van der Waals surface area (Å²) >= 11 is 1.84. The van der Waals surface area contributed by atoms with E-state index in [9.17, 15) is 0 Å². The molecule has 9 aromatic carbocycles. The van der Waals surface area contributed by atoms with E-state index in [1.165, 1.54) is 58.7 Å². The molecule has 0 aliphatic carbocycles. The second-order valence-corrected chi connectivity index (χ2v) is 15.9. The maximum absolute atomic E-state index is 6.65. The lowest BCUT2D eigenvalue weighted by Crippen LogP contribution is -2.10. The number of furan rings is 1. The molecule has 3 aromatic heterocycles. The highest BCUT2D eigenvalue weighted by molar-refractivity contribution is 7.26. The van der Waals surface area contributed by atoms with Gasteiger partial charge in [-0.25, -0.2) is 0 Å². The number of hydrogen-bond donors (Lipinski definition) is 0.